The van der Waals surface area contributed by atoms with Crippen LogP contribution in [0.3, 0.4) is 0 Å². The maximum Gasteiger partial charge on any atom is 0.305 e. The van der Waals surface area contributed by atoms with E-state index >= 15 is 0 Å². The molecule has 7 atom stereocenters. The van der Waals surface area contributed by atoms with Gasteiger partial charge in [-0.3, -0.25) is 34.2 Å². The van der Waals surface area contributed by atoms with Crippen LogP contribution >= 0.6 is 23.1 Å². The van der Waals surface area contributed by atoms with Gasteiger partial charge in [0.2, 0.25) is 11.8 Å². The zero-order valence-electron chi connectivity index (χ0n) is 25.4. The molecule has 2 aliphatic carbocycles. The van der Waals surface area contributed by atoms with Crippen molar-refractivity contribution >= 4 is 57.9 Å². The molecule has 3 fully saturated rings. The summed E-state index contributed by atoms with van der Waals surface area (Å²) >= 11 is 2.74. The van der Waals surface area contributed by atoms with E-state index in [1.54, 1.807) is 30.0 Å². The van der Waals surface area contributed by atoms with Crippen LogP contribution in [0, 0.1) is 39.7 Å². The summed E-state index contributed by atoms with van der Waals surface area (Å²) in [5.41, 5.74) is 1.75. The number of benzene rings is 3. The van der Waals surface area contributed by atoms with Crippen LogP contribution in [-0.2, 0) is 14.4 Å². The number of nitro benzene ring substituents is 1. The van der Waals surface area contributed by atoms with Crippen LogP contribution < -0.4 is 24.6 Å². The molecular weight excluding hydrogens is 657 g/mol. The summed E-state index contributed by atoms with van der Waals surface area (Å²) < 4.78 is 11.6. The number of rotatable bonds is 8. The van der Waals surface area contributed by atoms with Gasteiger partial charge in [-0.2, -0.15) is 0 Å². The van der Waals surface area contributed by atoms with Crippen LogP contribution in [0.15, 0.2) is 82.6 Å². The van der Waals surface area contributed by atoms with Gasteiger partial charge in [-0.05, 0) is 66.1 Å². The number of anilines is 2. The molecule has 1 saturated heterocycles. The highest BCUT2D eigenvalue weighted by atomic mass is 32.2. The fraction of sp³-hybridized carbons (Fsp3) is 0.294. The highest BCUT2D eigenvalue weighted by molar-refractivity contribution is 8.00. The number of carbonyl (C=O) groups excluding carboxylic acids is 3. The number of non-ortho nitro benzene ring substituents is 1. The third-order valence-corrected chi connectivity index (χ3v) is 12.6. The van der Waals surface area contributed by atoms with Crippen molar-refractivity contribution in [3.63, 3.8) is 0 Å². The van der Waals surface area contributed by atoms with Gasteiger partial charge in [0, 0.05) is 33.9 Å². The van der Waals surface area contributed by atoms with Gasteiger partial charge < -0.3 is 19.8 Å². The molecule has 2 saturated carbocycles. The number of nitrogens with one attached hydrogen (secondary N) is 2. The number of ether oxygens (including phenoxy) is 2. The van der Waals surface area contributed by atoms with E-state index in [0.29, 0.717) is 29.3 Å². The molecule has 0 spiro atoms. The quantitative estimate of drug-likeness (QED) is 0.147. The van der Waals surface area contributed by atoms with Crippen LogP contribution in [0.4, 0.5) is 17.1 Å². The number of thiazole rings is 1. The second kappa shape index (κ2) is 11.6. The Bertz CT molecular complexity index is 2030. The van der Waals surface area contributed by atoms with Crippen molar-refractivity contribution in [1.29, 1.82) is 0 Å². The molecule has 8 rings (SSSR count). The molecule has 4 aromatic rings. The average molecular weight is 685 g/mol. The molecule has 0 radical (unpaired) electrons. The van der Waals surface area contributed by atoms with Crippen LogP contribution in [-0.4, -0.2) is 46.6 Å². The number of thioether (sulfide) groups is 1. The summed E-state index contributed by atoms with van der Waals surface area (Å²) in [7, 11) is 1.52. The number of fused-ring (bicyclic) bond motifs is 9. The molecule has 12 nitrogen and oxygen atoms in total. The minimum absolute atomic E-state index is 0.0174. The van der Waals surface area contributed by atoms with E-state index in [-0.39, 0.29) is 63.8 Å². The van der Waals surface area contributed by atoms with E-state index in [0.717, 1.165) is 26.8 Å². The van der Waals surface area contributed by atoms with Crippen molar-refractivity contribution in [1.82, 2.24) is 4.98 Å². The molecule has 2 aliphatic heterocycles. The van der Waals surface area contributed by atoms with Gasteiger partial charge in [0.25, 0.3) is 11.6 Å². The molecule has 6 unspecified atom stereocenters. The van der Waals surface area contributed by atoms with E-state index in [2.05, 4.69) is 10.3 Å². The second-order valence-electron chi connectivity index (χ2n) is 12.4. The lowest BCUT2D eigenvalue weighted by Crippen LogP contribution is -2.42. The number of para-hydroxylation sites is 1. The number of hydrogen-bond acceptors (Lipinski definition) is 10. The fourth-order valence-corrected chi connectivity index (χ4v) is 11.1. The Hall–Kier alpha value is -4.95. The molecule has 2 bridgehead atoms. The summed E-state index contributed by atoms with van der Waals surface area (Å²) in [6.07, 6.45) is 0.716. The number of H-pyrrole nitrogens is 1. The normalized spacial score (nSPS) is 26.5. The van der Waals surface area contributed by atoms with Crippen molar-refractivity contribution in [2.75, 3.05) is 23.9 Å². The number of hydrogen-bond donors (Lipinski definition) is 2. The number of nitro groups is 1. The first-order valence-corrected chi connectivity index (χ1v) is 17.1. The smallest absolute Gasteiger partial charge is 0.305 e. The van der Waals surface area contributed by atoms with Crippen LogP contribution in [0.1, 0.15) is 22.8 Å². The maximum absolute atomic E-state index is 14.0. The van der Waals surface area contributed by atoms with Gasteiger partial charge in [0.05, 0.1) is 34.6 Å². The van der Waals surface area contributed by atoms with Crippen molar-refractivity contribution < 1.29 is 28.8 Å². The Labute approximate surface area is 281 Å². The van der Waals surface area contributed by atoms with E-state index in [9.17, 15) is 29.3 Å². The van der Waals surface area contributed by atoms with Crippen molar-refractivity contribution in [3.8, 4) is 11.5 Å². The molecule has 4 aliphatic rings. The van der Waals surface area contributed by atoms with E-state index in [4.69, 9.17) is 9.47 Å². The Kier molecular flexibility index (Phi) is 7.36. The lowest BCUT2D eigenvalue weighted by atomic mass is 9.68. The second-order valence-corrected chi connectivity index (χ2v) is 14.6. The van der Waals surface area contributed by atoms with Crippen LogP contribution in [0.2, 0.25) is 0 Å². The summed E-state index contributed by atoms with van der Waals surface area (Å²) in [4.78, 5) is 68.7. The largest absolute Gasteiger partial charge is 0.493 e. The number of methoxy groups -OCH3 is 1. The van der Waals surface area contributed by atoms with Gasteiger partial charge >= 0.3 is 4.87 Å². The number of aromatic nitrogens is 1. The molecule has 3 aromatic carbocycles. The minimum Gasteiger partial charge on any atom is -0.493 e. The Morgan fingerprint density at radius 1 is 1.00 bits per heavy atom. The number of amides is 3. The third kappa shape index (κ3) is 4.81. The first-order chi connectivity index (χ1) is 23.2. The highest BCUT2D eigenvalue weighted by Gasteiger charge is 2.69. The molecule has 3 heterocycles. The molecule has 48 heavy (non-hydrogen) atoms. The van der Waals surface area contributed by atoms with Crippen molar-refractivity contribution in [3.05, 3.63) is 103 Å². The molecule has 14 heteroatoms. The zero-order chi connectivity index (χ0) is 33.3. The molecule has 3 amide bonds. The maximum atomic E-state index is 14.0. The van der Waals surface area contributed by atoms with E-state index < -0.39 is 16.8 Å². The summed E-state index contributed by atoms with van der Waals surface area (Å²) in [6.45, 7) is -0.229. The lowest BCUT2D eigenvalue weighted by molar-refractivity contribution is -0.384. The SMILES string of the molecule is COc1cc([C@H]2c3sc(=O)[nH]c3SC3C4CC(C5C(=O)N(c6ccc([N+](=O)[O-])cc6)C(=O)C45)C32)ccc1OCC(=O)Nc1ccccc1. The number of aromatic amines is 1. The van der Waals surface area contributed by atoms with Crippen LogP contribution in [0.25, 0.3) is 0 Å². The summed E-state index contributed by atoms with van der Waals surface area (Å²) in [5.74, 6) is -1.56. The number of carbonyl (C=O) groups is 3. The van der Waals surface area contributed by atoms with Crippen molar-refractivity contribution in [2.45, 2.75) is 22.6 Å². The Morgan fingerprint density at radius 2 is 1.73 bits per heavy atom. The first-order valence-electron chi connectivity index (χ1n) is 15.4. The summed E-state index contributed by atoms with van der Waals surface area (Å²) in [6, 6.07) is 20.1. The Morgan fingerprint density at radius 3 is 2.44 bits per heavy atom. The predicted octanol–water partition coefficient (Wildman–Crippen LogP) is 5.05. The number of nitrogens with zero attached hydrogens (tertiary/aromatic N) is 2. The summed E-state index contributed by atoms with van der Waals surface area (Å²) in [5, 5.41) is 14.7. The highest BCUT2D eigenvalue weighted by Crippen LogP contribution is 2.68. The average Bonchev–Trinajstić information content (AvgIpc) is 3.83. The minimum atomic E-state index is -0.521. The first kappa shape index (κ1) is 30.4. The van der Waals surface area contributed by atoms with Gasteiger partial charge in [-0.15, -0.1) is 11.8 Å². The van der Waals surface area contributed by atoms with Crippen LogP contribution in [0.5, 0.6) is 11.5 Å². The molecule has 1 aromatic heterocycles. The molecular formula is C34H28N4O8S2. The molecule has 244 valence electrons. The van der Waals surface area contributed by atoms with Gasteiger partial charge in [0.15, 0.2) is 18.1 Å². The topological polar surface area (TPSA) is 161 Å². The third-order valence-electron chi connectivity index (χ3n) is 10.0. The van der Waals surface area contributed by atoms with Gasteiger partial charge in [-0.25, -0.2) is 0 Å². The Balaban J connectivity index is 1.09. The zero-order valence-corrected chi connectivity index (χ0v) is 27.0. The van der Waals surface area contributed by atoms with Gasteiger partial charge in [0.1, 0.15) is 0 Å². The molecule has 2 N–H and O–H groups in total. The number of imide groups is 1. The van der Waals surface area contributed by atoms with Gasteiger partial charge in [-0.1, -0.05) is 35.6 Å². The van der Waals surface area contributed by atoms with E-state index in [1.807, 2.05) is 30.3 Å². The van der Waals surface area contributed by atoms with E-state index in [1.165, 1.54) is 36.3 Å². The van der Waals surface area contributed by atoms with Crippen molar-refractivity contribution in [2.24, 2.45) is 29.6 Å². The fourth-order valence-electron chi connectivity index (χ4n) is 8.23. The predicted molar refractivity (Wildman–Crippen MR) is 178 cm³/mol. The standard InChI is InChI=1S/C34H28N4O8S2/c1-45-23-13-16(7-12-22(23)46-15-24(39)35-17-5-3-2-4-6-17)25-26-20-14-21(29(26)47-31-30(25)48-34(42)36-31)28-27(20)32(40)37(33(28)41)18-8-10-19(11-9-18)38(43)44/h2-13,20-21,25-29H,14-15H2,1H3,(H,35,39)(H,36,42)/t20?,21?,25-,26?,27?,28?,29?/m1/s1. The lowest BCUT2D eigenvalue weighted by Gasteiger charge is -2.43. The monoisotopic (exact) mass is 684 g/mol.